The highest BCUT2D eigenvalue weighted by Crippen LogP contribution is 2.17. The van der Waals surface area contributed by atoms with E-state index < -0.39 is 0 Å². The molecule has 1 heterocycles. The minimum Gasteiger partial charge on any atom is -0.360 e. The van der Waals surface area contributed by atoms with Gasteiger partial charge in [0.15, 0.2) is 0 Å². The van der Waals surface area contributed by atoms with E-state index in [1.807, 2.05) is 50.2 Å². The molecular weight excluding hydrogens is 286 g/mol. The summed E-state index contributed by atoms with van der Waals surface area (Å²) in [6.45, 7) is 6.00. The summed E-state index contributed by atoms with van der Waals surface area (Å²) in [5.41, 5.74) is 8.36. The third-order valence-electron chi connectivity index (χ3n) is 3.93. The number of hydrogen-bond donors (Lipinski definition) is 2. The number of benzene rings is 2. The molecule has 4 nitrogen and oxygen atoms in total. The second kappa shape index (κ2) is 6.08. The monoisotopic (exact) mass is 305 g/mol. The van der Waals surface area contributed by atoms with Crippen LogP contribution >= 0.6 is 0 Å². The van der Waals surface area contributed by atoms with Gasteiger partial charge in [-0.2, -0.15) is 5.10 Å². The van der Waals surface area contributed by atoms with Crippen molar-refractivity contribution < 1.29 is 4.79 Å². The normalized spacial score (nSPS) is 11.7. The summed E-state index contributed by atoms with van der Waals surface area (Å²) >= 11 is 0. The summed E-state index contributed by atoms with van der Waals surface area (Å²) < 4.78 is 0. The Balaban J connectivity index is 1.82. The van der Waals surface area contributed by atoms with E-state index in [-0.39, 0.29) is 5.91 Å². The lowest BCUT2D eigenvalue weighted by molar-refractivity contribution is 0.0956. The molecule has 2 N–H and O–H groups in total. The van der Waals surface area contributed by atoms with E-state index in [0.717, 1.165) is 27.7 Å². The van der Waals surface area contributed by atoms with Gasteiger partial charge in [-0.15, -0.1) is 0 Å². The Kier molecular flexibility index (Phi) is 3.98. The van der Waals surface area contributed by atoms with Gasteiger partial charge < -0.3 is 4.98 Å². The van der Waals surface area contributed by atoms with Crippen molar-refractivity contribution >= 4 is 22.5 Å². The topological polar surface area (TPSA) is 57.2 Å². The lowest BCUT2D eigenvalue weighted by Crippen LogP contribution is -2.19. The predicted molar refractivity (Wildman–Crippen MR) is 93.9 cm³/mol. The Morgan fingerprint density at radius 1 is 1.09 bits per heavy atom. The van der Waals surface area contributed by atoms with E-state index in [0.29, 0.717) is 5.56 Å². The fourth-order valence-corrected chi connectivity index (χ4v) is 2.73. The van der Waals surface area contributed by atoms with Crippen molar-refractivity contribution in [3.8, 4) is 0 Å². The van der Waals surface area contributed by atoms with Crippen LogP contribution in [-0.2, 0) is 0 Å². The zero-order valence-corrected chi connectivity index (χ0v) is 13.5. The molecule has 0 bridgehead atoms. The molecule has 0 unspecified atom stereocenters. The predicted octanol–water partition coefficient (Wildman–Crippen LogP) is 3.94. The van der Waals surface area contributed by atoms with Gasteiger partial charge in [0, 0.05) is 22.7 Å². The van der Waals surface area contributed by atoms with E-state index in [4.69, 9.17) is 0 Å². The largest absolute Gasteiger partial charge is 0.360 e. The first-order valence-corrected chi connectivity index (χ1v) is 7.54. The van der Waals surface area contributed by atoms with Crippen LogP contribution in [0.25, 0.3) is 10.9 Å². The molecule has 0 aliphatic heterocycles. The number of rotatable bonds is 3. The molecule has 4 heteroatoms. The molecule has 0 spiro atoms. The molecule has 0 saturated carbocycles. The summed E-state index contributed by atoms with van der Waals surface area (Å²) in [6, 6.07) is 13.9. The molecule has 0 atom stereocenters. The maximum atomic E-state index is 12.4. The molecule has 0 radical (unpaired) electrons. The van der Waals surface area contributed by atoms with Crippen LogP contribution in [0.3, 0.4) is 0 Å². The lowest BCUT2D eigenvalue weighted by atomic mass is 10.0. The van der Waals surface area contributed by atoms with Gasteiger partial charge >= 0.3 is 0 Å². The van der Waals surface area contributed by atoms with Crippen molar-refractivity contribution in [2.75, 3.05) is 0 Å². The number of carbonyl (C=O) groups is 1. The Morgan fingerprint density at radius 3 is 2.65 bits per heavy atom. The Hall–Kier alpha value is -2.88. The van der Waals surface area contributed by atoms with Gasteiger partial charge in [-0.05, 0) is 32.4 Å². The number of aromatic nitrogens is 1. The summed E-state index contributed by atoms with van der Waals surface area (Å²) in [6.07, 6.45) is 1.71. The van der Waals surface area contributed by atoms with Gasteiger partial charge in [0.2, 0.25) is 0 Å². The first-order chi connectivity index (χ1) is 11.1. The van der Waals surface area contributed by atoms with Crippen LogP contribution in [0.4, 0.5) is 0 Å². The Labute approximate surface area is 135 Å². The minimum absolute atomic E-state index is 0.216. The fourth-order valence-electron chi connectivity index (χ4n) is 2.73. The molecule has 0 saturated heterocycles. The average Bonchev–Trinajstić information content (AvgIpc) is 2.96. The number of nitrogens with zero attached hydrogens (tertiary/aromatic N) is 1. The summed E-state index contributed by atoms with van der Waals surface area (Å²) in [5.74, 6) is -0.216. The summed E-state index contributed by atoms with van der Waals surface area (Å²) in [5, 5.41) is 5.14. The maximum absolute atomic E-state index is 12.4. The van der Waals surface area contributed by atoms with Crippen LogP contribution in [0, 0.1) is 13.8 Å². The first-order valence-electron chi connectivity index (χ1n) is 7.54. The molecule has 3 aromatic rings. The van der Waals surface area contributed by atoms with Crippen molar-refractivity contribution in [2.45, 2.75) is 20.8 Å². The van der Waals surface area contributed by atoms with E-state index in [9.17, 15) is 4.79 Å². The Morgan fingerprint density at radius 2 is 1.87 bits per heavy atom. The van der Waals surface area contributed by atoms with Gasteiger partial charge in [0.1, 0.15) is 0 Å². The van der Waals surface area contributed by atoms with Crippen molar-refractivity contribution in [1.82, 2.24) is 10.4 Å². The number of amides is 1. The zero-order valence-electron chi connectivity index (χ0n) is 13.5. The number of carbonyl (C=O) groups excluding carboxylic acids is 1. The van der Waals surface area contributed by atoms with Crippen LogP contribution in [-0.4, -0.2) is 16.6 Å². The third kappa shape index (κ3) is 3.01. The fraction of sp³-hybridized carbons (Fsp3) is 0.158. The van der Waals surface area contributed by atoms with Crippen molar-refractivity contribution in [2.24, 2.45) is 5.10 Å². The van der Waals surface area contributed by atoms with Gasteiger partial charge in [-0.1, -0.05) is 42.0 Å². The van der Waals surface area contributed by atoms with Crippen LogP contribution in [0.15, 0.2) is 53.8 Å². The smallest absolute Gasteiger partial charge is 0.273 e. The average molecular weight is 305 g/mol. The Bertz CT molecular complexity index is 906. The van der Waals surface area contributed by atoms with Crippen molar-refractivity contribution in [3.05, 3.63) is 70.9 Å². The van der Waals surface area contributed by atoms with Gasteiger partial charge in [-0.25, -0.2) is 5.43 Å². The second-order valence-corrected chi connectivity index (χ2v) is 5.70. The molecular formula is C19H19N3O. The van der Waals surface area contributed by atoms with Crippen LogP contribution in [0.2, 0.25) is 0 Å². The molecule has 3 rings (SSSR count). The number of hydrogen-bond acceptors (Lipinski definition) is 2. The third-order valence-corrected chi connectivity index (χ3v) is 3.93. The standard InChI is InChI=1S/C19H19N3O/c1-12-8-9-15(13(2)10-12)14(3)21-22-19(23)17-11-20-18-7-5-4-6-16(17)18/h4-11,20H,1-3H3,(H,22,23)/b21-14+. The molecule has 1 amide bonds. The first kappa shape index (κ1) is 15.0. The molecule has 116 valence electrons. The van der Waals surface area contributed by atoms with Gasteiger partial charge in [-0.3, -0.25) is 4.79 Å². The molecule has 0 aliphatic rings. The van der Waals surface area contributed by atoms with Gasteiger partial charge in [0.05, 0.1) is 11.3 Å². The number of fused-ring (bicyclic) bond motifs is 1. The highest BCUT2D eigenvalue weighted by molar-refractivity contribution is 6.07. The van der Waals surface area contributed by atoms with E-state index in [2.05, 4.69) is 28.5 Å². The second-order valence-electron chi connectivity index (χ2n) is 5.70. The quantitative estimate of drug-likeness (QED) is 0.559. The van der Waals surface area contributed by atoms with Crippen LogP contribution in [0.5, 0.6) is 0 Å². The number of H-pyrrole nitrogens is 1. The molecule has 2 aromatic carbocycles. The van der Waals surface area contributed by atoms with Gasteiger partial charge in [0.25, 0.3) is 5.91 Å². The van der Waals surface area contributed by atoms with E-state index in [1.54, 1.807) is 6.20 Å². The van der Waals surface area contributed by atoms with E-state index in [1.165, 1.54) is 5.56 Å². The highest BCUT2D eigenvalue weighted by atomic mass is 16.2. The number of nitrogens with one attached hydrogen (secondary N) is 2. The maximum Gasteiger partial charge on any atom is 0.273 e. The molecule has 0 fully saturated rings. The highest BCUT2D eigenvalue weighted by Gasteiger charge is 2.11. The number of aryl methyl sites for hydroxylation is 2. The lowest BCUT2D eigenvalue weighted by Gasteiger charge is -2.07. The summed E-state index contributed by atoms with van der Waals surface area (Å²) in [4.78, 5) is 15.5. The van der Waals surface area contributed by atoms with Crippen LogP contribution < -0.4 is 5.43 Å². The van der Waals surface area contributed by atoms with E-state index >= 15 is 0 Å². The van der Waals surface area contributed by atoms with Crippen molar-refractivity contribution in [1.29, 1.82) is 0 Å². The molecule has 1 aromatic heterocycles. The number of hydrazone groups is 1. The SMILES string of the molecule is C/C(=N\NC(=O)c1c[nH]c2ccccc12)c1ccc(C)cc1C. The summed E-state index contributed by atoms with van der Waals surface area (Å²) in [7, 11) is 0. The van der Waals surface area contributed by atoms with Crippen molar-refractivity contribution in [3.63, 3.8) is 0 Å². The number of para-hydroxylation sites is 1. The molecule has 0 aliphatic carbocycles. The minimum atomic E-state index is -0.216. The molecule has 23 heavy (non-hydrogen) atoms. The number of aromatic amines is 1. The van der Waals surface area contributed by atoms with Crippen LogP contribution in [0.1, 0.15) is 34.0 Å². The zero-order chi connectivity index (χ0) is 16.4.